The predicted octanol–water partition coefficient (Wildman–Crippen LogP) is 4.89. The van der Waals surface area contributed by atoms with Crippen LogP contribution in [0, 0.1) is 6.92 Å². The Morgan fingerprint density at radius 1 is 1.08 bits per heavy atom. The van der Waals surface area contributed by atoms with Crippen LogP contribution in [0.3, 0.4) is 0 Å². The van der Waals surface area contributed by atoms with Gasteiger partial charge in [-0.25, -0.2) is 0 Å². The van der Waals surface area contributed by atoms with Gasteiger partial charge in [-0.15, -0.1) is 0 Å². The van der Waals surface area contributed by atoms with Crippen LogP contribution in [0.2, 0.25) is 0 Å². The van der Waals surface area contributed by atoms with Gasteiger partial charge >= 0.3 is 0 Å². The van der Waals surface area contributed by atoms with Gasteiger partial charge in [0.1, 0.15) is 17.0 Å². The van der Waals surface area contributed by atoms with E-state index in [0.29, 0.717) is 11.3 Å². The quantitative estimate of drug-likeness (QED) is 0.571. The van der Waals surface area contributed by atoms with Crippen LogP contribution in [0.25, 0.3) is 22.2 Å². The smallest absolute Gasteiger partial charge is 0.251 e. The molecule has 0 bridgehead atoms. The number of benzene rings is 2. The van der Waals surface area contributed by atoms with Crippen LogP contribution < -0.4 is 5.32 Å². The van der Waals surface area contributed by atoms with Gasteiger partial charge < -0.3 is 14.3 Å². The fourth-order valence-corrected chi connectivity index (χ4v) is 2.92. The van der Waals surface area contributed by atoms with Gasteiger partial charge in [0.25, 0.3) is 5.91 Å². The molecule has 0 saturated heterocycles. The standard InChI is InChI=1S/C21H18N2O3/c1-13-8-11-19(25-13)14(2)22-21(24)16-9-10-18-17(12-16)20(26-23-18)15-6-4-3-5-7-15/h3-12,14H,1-2H3,(H,22,24). The predicted molar refractivity (Wildman–Crippen MR) is 98.8 cm³/mol. The van der Waals surface area contributed by atoms with Gasteiger partial charge in [-0.3, -0.25) is 4.79 Å². The summed E-state index contributed by atoms with van der Waals surface area (Å²) >= 11 is 0. The summed E-state index contributed by atoms with van der Waals surface area (Å²) in [4.78, 5) is 12.6. The molecule has 0 aliphatic carbocycles. The molecule has 0 spiro atoms. The monoisotopic (exact) mass is 346 g/mol. The van der Waals surface area contributed by atoms with Gasteiger partial charge in [0.05, 0.1) is 11.4 Å². The van der Waals surface area contributed by atoms with Crippen LogP contribution in [0.1, 0.15) is 34.8 Å². The maximum absolute atomic E-state index is 12.6. The normalized spacial score (nSPS) is 12.2. The number of hydrogen-bond donors (Lipinski definition) is 1. The Balaban J connectivity index is 1.63. The third kappa shape index (κ3) is 2.99. The second kappa shape index (κ2) is 6.52. The number of carbonyl (C=O) groups is 1. The molecule has 0 aliphatic rings. The lowest BCUT2D eigenvalue weighted by molar-refractivity contribution is 0.0935. The number of nitrogens with one attached hydrogen (secondary N) is 1. The summed E-state index contributed by atoms with van der Waals surface area (Å²) in [7, 11) is 0. The van der Waals surface area contributed by atoms with Crippen molar-refractivity contribution in [3.63, 3.8) is 0 Å². The number of aromatic nitrogens is 1. The van der Waals surface area contributed by atoms with Crippen molar-refractivity contribution in [3.05, 3.63) is 77.7 Å². The molecule has 0 fully saturated rings. The number of furan rings is 1. The van der Waals surface area contributed by atoms with Crippen molar-refractivity contribution in [1.29, 1.82) is 0 Å². The zero-order valence-corrected chi connectivity index (χ0v) is 14.5. The van der Waals surface area contributed by atoms with E-state index in [1.54, 1.807) is 12.1 Å². The average Bonchev–Trinajstić information content (AvgIpc) is 3.28. The maximum Gasteiger partial charge on any atom is 0.251 e. The molecule has 0 aliphatic heterocycles. The van der Waals surface area contributed by atoms with Crippen LogP contribution >= 0.6 is 0 Å². The first kappa shape index (κ1) is 16.1. The highest BCUT2D eigenvalue weighted by Gasteiger charge is 2.17. The minimum Gasteiger partial charge on any atom is -0.464 e. The molecule has 0 saturated carbocycles. The minimum atomic E-state index is -0.219. The van der Waals surface area contributed by atoms with Gasteiger partial charge in [0.2, 0.25) is 0 Å². The number of hydrogen-bond acceptors (Lipinski definition) is 4. The van der Waals surface area contributed by atoms with E-state index in [0.717, 1.165) is 28.0 Å². The van der Waals surface area contributed by atoms with E-state index < -0.39 is 0 Å². The highest BCUT2D eigenvalue weighted by Crippen LogP contribution is 2.29. The molecular formula is C21H18N2O3. The van der Waals surface area contributed by atoms with E-state index in [1.807, 2.05) is 62.4 Å². The molecular weight excluding hydrogens is 328 g/mol. The molecule has 5 nitrogen and oxygen atoms in total. The van der Waals surface area contributed by atoms with Crippen molar-refractivity contribution >= 4 is 16.8 Å². The molecule has 2 heterocycles. The molecule has 2 aromatic heterocycles. The molecule has 0 radical (unpaired) electrons. The summed E-state index contributed by atoms with van der Waals surface area (Å²) in [5, 5.41) is 7.85. The van der Waals surface area contributed by atoms with Gasteiger partial charge in [0.15, 0.2) is 5.76 Å². The SMILES string of the molecule is Cc1ccc(C(C)NC(=O)c2ccc3noc(-c4ccccc4)c3c2)o1. The molecule has 1 amide bonds. The molecule has 1 N–H and O–H groups in total. The Morgan fingerprint density at radius 2 is 1.88 bits per heavy atom. The van der Waals surface area contributed by atoms with E-state index in [9.17, 15) is 4.79 Å². The first-order chi connectivity index (χ1) is 12.6. The van der Waals surface area contributed by atoms with Gasteiger partial charge in [0, 0.05) is 11.1 Å². The van der Waals surface area contributed by atoms with Gasteiger partial charge in [-0.2, -0.15) is 0 Å². The molecule has 4 aromatic rings. The summed E-state index contributed by atoms with van der Waals surface area (Å²) in [6.07, 6.45) is 0. The summed E-state index contributed by atoms with van der Waals surface area (Å²) in [6, 6.07) is 18.6. The van der Waals surface area contributed by atoms with Crippen LogP contribution in [0.4, 0.5) is 0 Å². The number of amides is 1. The summed E-state index contributed by atoms with van der Waals surface area (Å²) in [6.45, 7) is 3.77. The van der Waals surface area contributed by atoms with Crippen LogP contribution in [-0.2, 0) is 0 Å². The average molecular weight is 346 g/mol. The van der Waals surface area contributed by atoms with Crippen molar-refractivity contribution < 1.29 is 13.7 Å². The van der Waals surface area contributed by atoms with Crippen molar-refractivity contribution in [2.24, 2.45) is 0 Å². The minimum absolute atomic E-state index is 0.173. The van der Waals surface area contributed by atoms with Crippen LogP contribution in [0.5, 0.6) is 0 Å². The third-order valence-electron chi connectivity index (χ3n) is 4.31. The van der Waals surface area contributed by atoms with Crippen LogP contribution in [-0.4, -0.2) is 11.1 Å². The Hall–Kier alpha value is -3.34. The van der Waals surface area contributed by atoms with E-state index in [2.05, 4.69) is 10.5 Å². The molecule has 4 rings (SSSR count). The fraction of sp³-hybridized carbons (Fsp3) is 0.143. The Morgan fingerprint density at radius 3 is 2.62 bits per heavy atom. The number of aryl methyl sites for hydroxylation is 1. The molecule has 2 aromatic carbocycles. The summed E-state index contributed by atoms with van der Waals surface area (Å²) < 4.78 is 11.1. The first-order valence-corrected chi connectivity index (χ1v) is 8.44. The second-order valence-electron chi connectivity index (χ2n) is 6.25. The lowest BCUT2D eigenvalue weighted by Gasteiger charge is -2.11. The highest BCUT2D eigenvalue weighted by atomic mass is 16.5. The van der Waals surface area contributed by atoms with Crippen molar-refractivity contribution in [3.8, 4) is 11.3 Å². The number of carbonyl (C=O) groups excluding carboxylic acids is 1. The second-order valence-corrected chi connectivity index (χ2v) is 6.25. The maximum atomic E-state index is 12.6. The zero-order chi connectivity index (χ0) is 18.1. The Kier molecular flexibility index (Phi) is 4.05. The molecule has 130 valence electrons. The summed E-state index contributed by atoms with van der Waals surface area (Å²) in [5.74, 6) is 2.03. The van der Waals surface area contributed by atoms with E-state index in [-0.39, 0.29) is 11.9 Å². The third-order valence-corrected chi connectivity index (χ3v) is 4.31. The van der Waals surface area contributed by atoms with Crippen molar-refractivity contribution in [2.75, 3.05) is 0 Å². The zero-order valence-electron chi connectivity index (χ0n) is 14.5. The number of nitrogens with zero attached hydrogens (tertiary/aromatic N) is 1. The van der Waals surface area contributed by atoms with E-state index >= 15 is 0 Å². The van der Waals surface area contributed by atoms with Gasteiger partial charge in [-0.05, 0) is 44.2 Å². The van der Waals surface area contributed by atoms with E-state index in [1.165, 1.54) is 0 Å². The lowest BCUT2D eigenvalue weighted by atomic mass is 10.1. The van der Waals surface area contributed by atoms with Gasteiger partial charge in [-0.1, -0.05) is 35.5 Å². The Labute approximate surface area is 150 Å². The van der Waals surface area contributed by atoms with Crippen molar-refractivity contribution in [1.82, 2.24) is 10.5 Å². The molecule has 1 atom stereocenters. The fourth-order valence-electron chi connectivity index (χ4n) is 2.92. The highest BCUT2D eigenvalue weighted by molar-refractivity contribution is 6.01. The lowest BCUT2D eigenvalue weighted by Crippen LogP contribution is -2.26. The largest absolute Gasteiger partial charge is 0.464 e. The number of rotatable bonds is 4. The molecule has 26 heavy (non-hydrogen) atoms. The Bertz CT molecular complexity index is 1060. The van der Waals surface area contributed by atoms with Crippen molar-refractivity contribution in [2.45, 2.75) is 19.9 Å². The summed E-state index contributed by atoms with van der Waals surface area (Å²) in [5.41, 5.74) is 2.19. The van der Waals surface area contributed by atoms with E-state index in [4.69, 9.17) is 8.94 Å². The first-order valence-electron chi connectivity index (χ1n) is 8.44. The topological polar surface area (TPSA) is 68.3 Å². The number of fused-ring (bicyclic) bond motifs is 1. The molecule has 1 unspecified atom stereocenters. The van der Waals surface area contributed by atoms with Crippen LogP contribution in [0.15, 0.2) is 69.6 Å². The molecule has 5 heteroatoms.